The second kappa shape index (κ2) is 6.16. The van der Waals surface area contributed by atoms with Crippen molar-refractivity contribution in [3.63, 3.8) is 0 Å². The van der Waals surface area contributed by atoms with Crippen LogP contribution in [0.3, 0.4) is 0 Å². The summed E-state index contributed by atoms with van der Waals surface area (Å²) in [7, 11) is 1.41. The molecule has 0 aliphatic rings. The van der Waals surface area contributed by atoms with Crippen molar-refractivity contribution in [1.29, 1.82) is 0 Å². The molecule has 25 heavy (non-hydrogen) atoms. The van der Waals surface area contributed by atoms with E-state index in [-0.39, 0.29) is 11.6 Å². The van der Waals surface area contributed by atoms with Crippen LogP contribution in [0.2, 0.25) is 0 Å². The first-order valence-electron chi connectivity index (χ1n) is 7.37. The molecule has 124 valence electrons. The van der Waals surface area contributed by atoms with Crippen LogP contribution in [0.15, 0.2) is 59.7 Å². The molecule has 8 heteroatoms. The Morgan fingerprint density at radius 2 is 1.88 bits per heavy atom. The van der Waals surface area contributed by atoms with Gasteiger partial charge >= 0.3 is 0 Å². The highest BCUT2D eigenvalue weighted by Crippen LogP contribution is 2.27. The molecule has 4 aromatic rings. The van der Waals surface area contributed by atoms with E-state index in [1.165, 1.54) is 19.2 Å². The van der Waals surface area contributed by atoms with E-state index in [2.05, 4.69) is 20.2 Å². The molecule has 0 fully saturated rings. The number of aromatic nitrogens is 5. The molecule has 3 heterocycles. The van der Waals surface area contributed by atoms with Crippen molar-refractivity contribution in [3.05, 3.63) is 61.1 Å². The van der Waals surface area contributed by atoms with E-state index < -0.39 is 5.82 Å². The summed E-state index contributed by atoms with van der Waals surface area (Å²) in [5, 5.41) is 7.96. The number of imidazole rings is 1. The number of hydrogen-bond donors (Lipinski definition) is 0. The Labute approximate surface area is 141 Å². The maximum absolute atomic E-state index is 13.8. The van der Waals surface area contributed by atoms with Gasteiger partial charge in [-0.3, -0.25) is 4.57 Å². The molecular formula is C17H12FN5O2. The summed E-state index contributed by atoms with van der Waals surface area (Å²) in [5.74, 6) is 0.901. The zero-order chi connectivity index (χ0) is 17.2. The number of benzene rings is 1. The Morgan fingerprint density at radius 1 is 1.08 bits per heavy atom. The van der Waals surface area contributed by atoms with Crippen LogP contribution in [0, 0.1) is 5.82 Å². The lowest BCUT2D eigenvalue weighted by Gasteiger charge is -2.02. The van der Waals surface area contributed by atoms with E-state index in [0.29, 0.717) is 17.0 Å². The van der Waals surface area contributed by atoms with Gasteiger partial charge in [0.05, 0.1) is 12.7 Å². The predicted molar refractivity (Wildman–Crippen MR) is 86.6 cm³/mol. The fraction of sp³-hybridized carbons (Fsp3) is 0.0588. The average Bonchev–Trinajstić information content (AvgIpc) is 3.34. The SMILES string of the molecule is COc1ccc(-c2nnc(-c3ccc(-n4ccnc4)nc3)o2)cc1F. The van der Waals surface area contributed by atoms with Gasteiger partial charge in [-0.1, -0.05) is 0 Å². The minimum Gasteiger partial charge on any atom is -0.494 e. The predicted octanol–water partition coefficient (Wildman–Crippen LogP) is 3.13. The molecule has 0 spiro atoms. The molecule has 0 aliphatic heterocycles. The molecule has 0 unspecified atom stereocenters. The molecule has 0 saturated carbocycles. The highest BCUT2D eigenvalue weighted by atomic mass is 19.1. The number of hydrogen-bond acceptors (Lipinski definition) is 6. The highest BCUT2D eigenvalue weighted by Gasteiger charge is 2.13. The fourth-order valence-electron chi connectivity index (χ4n) is 2.32. The first-order chi connectivity index (χ1) is 12.2. The van der Waals surface area contributed by atoms with E-state index in [1.54, 1.807) is 35.6 Å². The Morgan fingerprint density at radius 3 is 2.52 bits per heavy atom. The summed E-state index contributed by atoms with van der Waals surface area (Å²) in [6.45, 7) is 0. The standard InChI is InChI=1S/C17H12FN5O2/c1-24-14-4-2-11(8-13(14)18)16-21-22-17(25-16)12-3-5-15(20-9-12)23-7-6-19-10-23/h2-10H,1H3. The first-order valence-corrected chi connectivity index (χ1v) is 7.37. The number of pyridine rings is 1. The van der Waals surface area contributed by atoms with Crippen LogP contribution < -0.4 is 4.74 Å². The number of halogens is 1. The molecule has 0 amide bonds. The van der Waals surface area contributed by atoms with Gasteiger partial charge in [0, 0.05) is 24.2 Å². The lowest BCUT2D eigenvalue weighted by molar-refractivity contribution is 0.386. The van der Waals surface area contributed by atoms with Crippen molar-refractivity contribution in [2.24, 2.45) is 0 Å². The molecular weight excluding hydrogens is 325 g/mol. The number of methoxy groups -OCH3 is 1. The van der Waals surface area contributed by atoms with Gasteiger partial charge in [0.15, 0.2) is 11.6 Å². The monoisotopic (exact) mass is 337 g/mol. The molecule has 0 saturated heterocycles. The van der Waals surface area contributed by atoms with Crippen molar-refractivity contribution in [3.8, 4) is 34.5 Å². The van der Waals surface area contributed by atoms with Gasteiger partial charge < -0.3 is 9.15 Å². The number of rotatable bonds is 4. The third-order valence-electron chi connectivity index (χ3n) is 3.59. The van der Waals surface area contributed by atoms with Crippen molar-refractivity contribution in [2.45, 2.75) is 0 Å². The highest BCUT2D eigenvalue weighted by molar-refractivity contribution is 5.58. The van der Waals surface area contributed by atoms with Crippen LogP contribution in [0.1, 0.15) is 0 Å². The van der Waals surface area contributed by atoms with Crippen molar-refractivity contribution < 1.29 is 13.5 Å². The normalized spacial score (nSPS) is 10.8. The summed E-state index contributed by atoms with van der Waals surface area (Å²) in [5.41, 5.74) is 1.14. The molecule has 0 atom stereocenters. The lowest BCUT2D eigenvalue weighted by Crippen LogP contribution is -1.93. The summed E-state index contributed by atoms with van der Waals surface area (Å²) < 4.78 is 26.1. The Balaban J connectivity index is 1.62. The smallest absolute Gasteiger partial charge is 0.249 e. The summed E-state index contributed by atoms with van der Waals surface area (Å²) in [4.78, 5) is 8.31. The lowest BCUT2D eigenvalue weighted by atomic mass is 10.2. The van der Waals surface area contributed by atoms with E-state index >= 15 is 0 Å². The van der Waals surface area contributed by atoms with Crippen LogP contribution in [0.4, 0.5) is 4.39 Å². The van der Waals surface area contributed by atoms with Gasteiger partial charge in [-0.25, -0.2) is 14.4 Å². The van der Waals surface area contributed by atoms with Crippen LogP contribution in [0.25, 0.3) is 28.7 Å². The molecule has 0 radical (unpaired) electrons. The fourth-order valence-corrected chi connectivity index (χ4v) is 2.32. The maximum atomic E-state index is 13.8. The Hall–Kier alpha value is -3.55. The van der Waals surface area contributed by atoms with Gasteiger partial charge in [0.25, 0.3) is 0 Å². The molecule has 7 nitrogen and oxygen atoms in total. The average molecular weight is 337 g/mol. The number of ether oxygens (including phenoxy) is 1. The zero-order valence-electron chi connectivity index (χ0n) is 13.1. The third-order valence-corrected chi connectivity index (χ3v) is 3.59. The van der Waals surface area contributed by atoms with Crippen LogP contribution in [-0.4, -0.2) is 31.8 Å². The van der Waals surface area contributed by atoms with E-state index in [9.17, 15) is 4.39 Å². The van der Waals surface area contributed by atoms with Crippen LogP contribution >= 0.6 is 0 Å². The quantitative estimate of drug-likeness (QED) is 0.569. The molecule has 1 aromatic carbocycles. The van der Waals surface area contributed by atoms with Crippen molar-refractivity contribution in [1.82, 2.24) is 24.7 Å². The molecule has 3 aromatic heterocycles. The topological polar surface area (TPSA) is 78.9 Å². The molecule has 0 N–H and O–H groups in total. The largest absolute Gasteiger partial charge is 0.494 e. The van der Waals surface area contributed by atoms with E-state index in [0.717, 1.165) is 5.82 Å². The van der Waals surface area contributed by atoms with E-state index in [4.69, 9.17) is 9.15 Å². The second-order valence-corrected chi connectivity index (χ2v) is 5.14. The molecule has 4 rings (SSSR count). The van der Waals surface area contributed by atoms with Crippen molar-refractivity contribution >= 4 is 0 Å². The van der Waals surface area contributed by atoms with Gasteiger partial charge in [-0.05, 0) is 30.3 Å². The number of nitrogens with zero attached hydrogens (tertiary/aromatic N) is 5. The van der Waals surface area contributed by atoms with Gasteiger partial charge in [0.2, 0.25) is 11.8 Å². The zero-order valence-corrected chi connectivity index (χ0v) is 13.1. The van der Waals surface area contributed by atoms with Crippen LogP contribution in [0.5, 0.6) is 5.75 Å². The third kappa shape index (κ3) is 2.85. The minimum atomic E-state index is -0.494. The molecule has 0 bridgehead atoms. The second-order valence-electron chi connectivity index (χ2n) is 5.14. The molecule has 0 aliphatic carbocycles. The van der Waals surface area contributed by atoms with Crippen molar-refractivity contribution in [2.75, 3.05) is 7.11 Å². The van der Waals surface area contributed by atoms with Gasteiger partial charge in [0.1, 0.15) is 12.1 Å². The van der Waals surface area contributed by atoms with E-state index in [1.807, 2.05) is 12.1 Å². The minimum absolute atomic E-state index is 0.155. The summed E-state index contributed by atoms with van der Waals surface area (Å²) >= 11 is 0. The Kier molecular flexibility index (Phi) is 3.70. The van der Waals surface area contributed by atoms with Crippen LogP contribution in [-0.2, 0) is 0 Å². The Bertz CT molecular complexity index is 996. The first kappa shape index (κ1) is 15.0. The van der Waals surface area contributed by atoms with Gasteiger partial charge in [-0.15, -0.1) is 10.2 Å². The maximum Gasteiger partial charge on any atom is 0.249 e. The summed E-state index contributed by atoms with van der Waals surface area (Å²) in [6, 6.07) is 8.08. The summed E-state index contributed by atoms with van der Waals surface area (Å²) in [6.07, 6.45) is 6.76. The van der Waals surface area contributed by atoms with Gasteiger partial charge in [-0.2, -0.15) is 0 Å².